The fourth-order valence-corrected chi connectivity index (χ4v) is 1.57. The number of phenolic OH excluding ortho intramolecular Hbond substituents is 1. The van der Waals surface area contributed by atoms with Crippen LogP contribution in [-0.4, -0.2) is 5.11 Å². The van der Waals surface area contributed by atoms with Crippen LogP contribution in [-0.2, 0) is 6.54 Å². The van der Waals surface area contributed by atoms with Gasteiger partial charge in [0.25, 0.3) is 0 Å². The Morgan fingerprint density at radius 3 is 2.56 bits per heavy atom. The molecule has 0 aliphatic carbocycles. The first kappa shape index (κ1) is 11.9. The normalized spacial score (nSPS) is 9.78. The number of nitrogens with zero attached hydrogens (tertiary/aromatic N) is 1. The van der Waals surface area contributed by atoms with Gasteiger partial charge in [-0.25, -0.2) is 4.39 Å². The van der Waals surface area contributed by atoms with Crippen molar-refractivity contribution in [3.05, 3.63) is 59.4 Å². The monoisotopic (exact) mass is 242 g/mol. The molecule has 2 N–H and O–H groups in total. The van der Waals surface area contributed by atoms with Crippen molar-refractivity contribution in [2.24, 2.45) is 0 Å². The number of aromatic hydroxyl groups is 1. The number of nitriles is 1. The third kappa shape index (κ3) is 2.77. The number of phenols is 1. The van der Waals surface area contributed by atoms with Crippen LogP contribution in [0.3, 0.4) is 0 Å². The molecule has 2 rings (SSSR count). The molecule has 0 fully saturated rings. The van der Waals surface area contributed by atoms with E-state index in [1.54, 1.807) is 24.3 Å². The number of halogens is 1. The van der Waals surface area contributed by atoms with E-state index < -0.39 is 5.82 Å². The zero-order chi connectivity index (χ0) is 13.0. The van der Waals surface area contributed by atoms with Crippen LogP contribution in [0.25, 0.3) is 0 Å². The number of nitrogens with one attached hydrogen (secondary N) is 1. The Bertz CT molecular complexity index is 588. The lowest BCUT2D eigenvalue weighted by Gasteiger charge is -2.08. The summed E-state index contributed by atoms with van der Waals surface area (Å²) in [6, 6.07) is 12.7. The van der Waals surface area contributed by atoms with E-state index in [-0.39, 0.29) is 11.3 Å². The molecule has 0 saturated carbocycles. The number of benzene rings is 2. The van der Waals surface area contributed by atoms with Gasteiger partial charge in [-0.2, -0.15) is 5.26 Å². The number of hydrogen-bond donors (Lipinski definition) is 2. The van der Waals surface area contributed by atoms with Crippen LogP contribution >= 0.6 is 0 Å². The Balaban J connectivity index is 2.11. The van der Waals surface area contributed by atoms with E-state index in [4.69, 9.17) is 10.4 Å². The lowest BCUT2D eigenvalue weighted by Crippen LogP contribution is -2.01. The lowest BCUT2D eigenvalue weighted by molar-refractivity contribution is 0.475. The molecular formula is C14H11FN2O. The highest BCUT2D eigenvalue weighted by atomic mass is 19.1. The predicted octanol–water partition coefficient (Wildman–Crippen LogP) is 3.02. The van der Waals surface area contributed by atoms with E-state index in [1.807, 2.05) is 6.07 Å². The van der Waals surface area contributed by atoms with E-state index in [9.17, 15) is 4.39 Å². The summed E-state index contributed by atoms with van der Waals surface area (Å²) in [6.07, 6.45) is 0. The summed E-state index contributed by atoms with van der Waals surface area (Å²) in [5.41, 5.74) is 1.82. The van der Waals surface area contributed by atoms with Crippen molar-refractivity contribution in [2.75, 3.05) is 5.32 Å². The van der Waals surface area contributed by atoms with Crippen LogP contribution in [0, 0.1) is 17.1 Å². The van der Waals surface area contributed by atoms with Crippen LogP contribution in [0.15, 0.2) is 42.5 Å². The zero-order valence-electron chi connectivity index (χ0n) is 9.52. The highest BCUT2D eigenvalue weighted by Crippen LogP contribution is 2.17. The molecule has 0 unspecified atom stereocenters. The van der Waals surface area contributed by atoms with Crippen molar-refractivity contribution in [3.8, 4) is 11.8 Å². The predicted molar refractivity (Wildman–Crippen MR) is 66.5 cm³/mol. The maximum atomic E-state index is 12.9. The van der Waals surface area contributed by atoms with Gasteiger partial charge >= 0.3 is 0 Å². The molecule has 0 bridgehead atoms. The van der Waals surface area contributed by atoms with Gasteiger partial charge in [-0.15, -0.1) is 0 Å². The van der Waals surface area contributed by atoms with Crippen molar-refractivity contribution in [2.45, 2.75) is 6.54 Å². The Morgan fingerprint density at radius 2 is 1.89 bits per heavy atom. The fraction of sp³-hybridized carbons (Fsp3) is 0.0714. The van der Waals surface area contributed by atoms with Crippen LogP contribution in [0.1, 0.15) is 11.1 Å². The van der Waals surface area contributed by atoms with Gasteiger partial charge < -0.3 is 10.4 Å². The average molecular weight is 242 g/mol. The molecule has 0 atom stereocenters. The summed E-state index contributed by atoms with van der Waals surface area (Å²) in [7, 11) is 0. The van der Waals surface area contributed by atoms with E-state index in [1.165, 1.54) is 18.2 Å². The smallest absolute Gasteiger partial charge is 0.124 e. The molecule has 0 aromatic heterocycles. The van der Waals surface area contributed by atoms with Gasteiger partial charge in [0.1, 0.15) is 17.6 Å². The van der Waals surface area contributed by atoms with Crippen molar-refractivity contribution < 1.29 is 9.50 Å². The van der Waals surface area contributed by atoms with Crippen LogP contribution in [0.4, 0.5) is 10.1 Å². The minimum atomic E-state index is -0.429. The van der Waals surface area contributed by atoms with Gasteiger partial charge in [0.2, 0.25) is 0 Å². The minimum Gasteiger partial charge on any atom is -0.508 e. The highest BCUT2D eigenvalue weighted by molar-refractivity contribution is 5.57. The second kappa shape index (κ2) is 5.19. The number of rotatable bonds is 3. The minimum absolute atomic E-state index is 0.207. The molecule has 0 spiro atoms. The van der Waals surface area contributed by atoms with Crippen molar-refractivity contribution in [1.29, 1.82) is 5.26 Å². The third-order valence-corrected chi connectivity index (χ3v) is 2.52. The highest BCUT2D eigenvalue weighted by Gasteiger charge is 2.03. The molecule has 0 radical (unpaired) electrons. The topological polar surface area (TPSA) is 56.0 Å². The van der Waals surface area contributed by atoms with Crippen LogP contribution in [0.2, 0.25) is 0 Å². The lowest BCUT2D eigenvalue weighted by atomic mass is 10.1. The summed E-state index contributed by atoms with van der Waals surface area (Å²) in [6.45, 7) is 0.501. The molecule has 90 valence electrons. The molecule has 0 amide bonds. The Hall–Kier alpha value is -2.54. The van der Waals surface area contributed by atoms with E-state index in [2.05, 4.69) is 5.32 Å². The van der Waals surface area contributed by atoms with E-state index >= 15 is 0 Å². The maximum absolute atomic E-state index is 12.9. The summed E-state index contributed by atoms with van der Waals surface area (Å²) in [4.78, 5) is 0. The summed E-state index contributed by atoms with van der Waals surface area (Å²) < 4.78 is 12.9. The standard InChI is InChI=1S/C14H11FN2O/c15-12-3-6-14(11(7-12)8-16)17-9-10-1-4-13(18)5-2-10/h1-7,17-18H,9H2. The molecule has 0 saturated heterocycles. The van der Waals surface area contributed by atoms with Gasteiger partial charge in [-0.3, -0.25) is 0 Å². The van der Waals surface area contributed by atoms with Crippen molar-refractivity contribution in [3.63, 3.8) is 0 Å². The molecule has 2 aromatic rings. The van der Waals surface area contributed by atoms with Gasteiger partial charge in [0.05, 0.1) is 11.3 Å². The van der Waals surface area contributed by atoms with Gasteiger partial charge in [-0.05, 0) is 35.9 Å². The van der Waals surface area contributed by atoms with Crippen LogP contribution < -0.4 is 5.32 Å². The summed E-state index contributed by atoms with van der Waals surface area (Å²) >= 11 is 0. The molecule has 0 heterocycles. The second-order valence-electron chi connectivity index (χ2n) is 3.82. The van der Waals surface area contributed by atoms with Gasteiger partial charge in [0, 0.05) is 6.54 Å². The first-order valence-corrected chi connectivity index (χ1v) is 5.40. The van der Waals surface area contributed by atoms with Gasteiger partial charge in [0.15, 0.2) is 0 Å². The van der Waals surface area contributed by atoms with Crippen molar-refractivity contribution >= 4 is 5.69 Å². The SMILES string of the molecule is N#Cc1cc(F)ccc1NCc1ccc(O)cc1. The fourth-order valence-electron chi connectivity index (χ4n) is 1.57. The zero-order valence-corrected chi connectivity index (χ0v) is 9.52. The number of anilines is 1. The Kier molecular flexibility index (Phi) is 3.44. The van der Waals surface area contributed by atoms with E-state index in [0.29, 0.717) is 12.2 Å². The maximum Gasteiger partial charge on any atom is 0.124 e. The molecule has 0 aliphatic rings. The molecular weight excluding hydrogens is 231 g/mol. The average Bonchev–Trinajstić information content (AvgIpc) is 2.39. The first-order valence-electron chi connectivity index (χ1n) is 5.40. The van der Waals surface area contributed by atoms with E-state index in [0.717, 1.165) is 5.56 Å². The molecule has 4 heteroatoms. The van der Waals surface area contributed by atoms with Crippen molar-refractivity contribution in [1.82, 2.24) is 0 Å². The Labute approximate surface area is 104 Å². The first-order chi connectivity index (χ1) is 8.69. The number of hydrogen-bond acceptors (Lipinski definition) is 3. The molecule has 18 heavy (non-hydrogen) atoms. The van der Waals surface area contributed by atoms with Crippen LogP contribution in [0.5, 0.6) is 5.75 Å². The summed E-state index contributed by atoms with van der Waals surface area (Å²) in [5, 5.41) is 21.1. The molecule has 0 aliphatic heterocycles. The second-order valence-corrected chi connectivity index (χ2v) is 3.82. The summed E-state index contributed by atoms with van der Waals surface area (Å²) in [5.74, 6) is -0.222. The molecule has 3 nitrogen and oxygen atoms in total. The molecule has 2 aromatic carbocycles. The third-order valence-electron chi connectivity index (χ3n) is 2.52. The Morgan fingerprint density at radius 1 is 1.17 bits per heavy atom. The largest absolute Gasteiger partial charge is 0.508 e. The quantitative estimate of drug-likeness (QED) is 0.869. The van der Waals surface area contributed by atoms with Gasteiger partial charge in [-0.1, -0.05) is 12.1 Å².